The lowest BCUT2D eigenvalue weighted by molar-refractivity contribution is 0.587. The van der Waals surface area contributed by atoms with Crippen molar-refractivity contribution in [3.63, 3.8) is 0 Å². The zero-order chi connectivity index (χ0) is 37.9. The van der Waals surface area contributed by atoms with Gasteiger partial charge in [0, 0.05) is 43.3 Å². The van der Waals surface area contributed by atoms with Crippen LogP contribution in [-0.4, -0.2) is 11.3 Å². The largest absolute Gasteiger partial charge is 0.454 e. The van der Waals surface area contributed by atoms with Crippen LogP contribution >= 0.6 is 11.3 Å². The van der Waals surface area contributed by atoms with Crippen LogP contribution in [0.4, 0.5) is 17.1 Å². The summed E-state index contributed by atoms with van der Waals surface area (Å²) in [5, 5.41) is 4.97. The van der Waals surface area contributed by atoms with Gasteiger partial charge in [0.05, 0.1) is 21.4 Å². The van der Waals surface area contributed by atoms with Gasteiger partial charge in [0.1, 0.15) is 5.58 Å². The third kappa shape index (κ3) is 4.51. The van der Waals surface area contributed by atoms with Crippen molar-refractivity contribution in [2.24, 2.45) is 0 Å². The zero-order valence-electron chi connectivity index (χ0n) is 33.2. The molecule has 0 amide bonds. The van der Waals surface area contributed by atoms with Crippen LogP contribution in [0.5, 0.6) is 0 Å². The van der Waals surface area contributed by atoms with E-state index in [4.69, 9.17) is 4.42 Å². The van der Waals surface area contributed by atoms with Crippen LogP contribution in [0.1, 0.15) is 79.0 Å². The molecule has 9 aromatic rings. The highest BCUT2D eigenvalue weighted by Gasteiger charge is 2.44. The number of para-hydroxylation sites is 2. The highest BCUT2D eigenvalue weighted by atomic mass is 32.1. The number of rotatable bonds is 1. The second kappa shape index (κ2) is 10.7. The number of hydrogen-bond acceptors (Lipinski definition) is 3. The van der Waals surface area contributed by atoms with Crippen molar-refractivity contribution < 1.29 is 4.42 Å². The fourth-order valence-electron chi connectivity index (χ4n) is 9.48. The minimum Gasteiger partial charge on any atom is -0.454 e. The fraction of sp³-hybridized carbons (Fsp3) is 0.240. The van der Waals surface area contributed by atoms with Crippen LogP contribution in [0.25, 0.3) is 58.8 Å². The minimum absolute atomic E-state index is 0.0198. The minimum atomic E-state index is -0.0893. The normalized spacial score (nSPS) is 14.2. The van der Waals surface area contributed by atoms with Crippen molar-refractivity contribution in [2.75, 3.05) is 4.90 Å². The Morgan fingerprint density at radius 3 is 1.95 bits per heavy atom. The van der Waals surface area contributed by atoms with Gasteiger partial charge in [-0.25, -0.2) is 0 Å². The average Bonchev–Trinajstić information content (AvgIpc) is 3.81. The Bertz CT molecular complexity index is 3120. The van der Waals surface area contributed by atoms with Crippen LogP contribution < -0.4 is 21.3 Å². The van der Waals surface area contributed by atoms with Crippen molar-refractivity contribution in [2.45, 2.75) is 78.6 Å². The van der Waals surface area contributed by atoms with E-state index in [9.17, 15) is 0 Å². The quantitative estimate of drug-likeness (QED) is 0.157. The number of nitrogens with zero attached hydrogens (tertiary/aromatic N) is 2. The molecule has 0 aliphatic carbocycles. The molecule has 0 radical (unpaired) electrons. The van der Waals surface area contributed by atoms with Gasteiger partial charge in [0.15, 0.2) is 5.58 Å². The highest BCUT2D eigenvalue weighted by molar-refractivity contribution is 7.26. The molecule has 55 heavy (non-hydrogen) atoms. The number of aromatic nitrogens is 1. The van der Waals surface area contributed by atoms with E-state index < -0.39 is 0 Å². The molecular weight excluding hydrogens is 687 g/mol. The van der Waals surface area contributed by atoms with Crippen molar-refractivity contribution in [3.05, 3.63) is 126 Å². The van der Waals surface area contributed by atoms with Crippen molar-refractivity contribution in [1.82, 2.24) is 4.57 Å². The van der Waals surface area contributed by atoms with E-state index in [-0.39, 0.29) is 23.0 Å². The molecule has 5 heterocycles. The summed E-state index contributed by atoms with van der Waals surface area (Å²) in [7, 11) is 0. The van der Waals surface area contributed by atoms with Gasteiger partial charge in [0.25, 0.3) is 6.71 Å². The Labute approximate surface area is 327 Å². The lowest BCUT2D eigenvalue weighted by atomic mass is 9.33. The van der Waals surface area contributed by atoms with E-state index in [0.29, 0.717) is 0 Å². The predicted octanol–water partition coefficient (Wildman–Crippen LogP) is 12.4. The molecule has 0 N–H and O–H groups in total. The van der Waals surface area contributed by atoms with E-state index in [1.807, 2.05) is 11.3 Å². The first-order valence-electron chi connectivity index (χ1n) is 19.7. The topological polar surface area (TPSA) is 21.3 Å². The SMILES string of the molecule is CC(C)(C)c1ccc2c(c1)N(c1cccc3c1oc1cc(C(C)(C)C)ccc13)c1cc(C(C)(C)C)cc3c1B2c1cccc2c4sc5ccccc5c4n-3c12. The molecule has 270 valence electrons. The van der Waals surface area contributed by atoms with Crippen molar-refractivity contribution >= 4 is 105 Å². The molecule has 0 fully saturated rings. The molecule has 0 saturated carbocycles. The Morgan fingerprint density at radius 2 is 1.16 bits per heavy atom. The number of anilines is 3. The van der Waals surface area contributed by atoms with E-state index in [1.165, 1.54) is 81.3 Å². The molecule has 0 unspecified atom stereocenters. The lowest BCUT2D eigenvalue weighted by Crippen LogP contribution is -2.60. The molecule has 0 bridgehead atoms. The van der Waals surface area contributed by atoms with Gasteiger partial charge in [-0.1, -0.05) is 135 Å². The van der Waals surface area contributed by atoms with Crippen molar-refractivity contribution in [1.29, 1.82) is 0 Å². The van der Waals surface area contributed by atoms with Gasteiger partial charge >= 0.3 is 0 Å². The second-order valence-corrected chi connectivity index (χ2v) is 20.1. The maximum atomic E-state index is 7.04. The summed E-state index contributed by atoms with van der Waals surface area (Å²) < 4.78 is 12.4. The second-order valence-electron chi connectivity index (χ2n) is 19.0. The third-order valence-electron chi connectivity index (χ3n) is 12.4. The monoisotopic (exact) mass is 732 g/mol. The van der Waals surface area contributed by atoms with Crippen molar-refractivity contribution in [3.8, 4) is 5.69 Å². The number of furan rings is 1. The molecule has 3 nitrogen and oxygen atoms in total. The smallest absolute Gasteiger partial charge is 0.252 e. The number of fused-ring (bicyclic) bond motifs is 12. The molecule has 11 rings (SSSR count). The van der Waals surface area contributed by atoms with Gasteiger partial charge < -0.3 is 13.9 Å². The molecule has 0 atom stereocenters. The predicted molar refractivity (Wildman–Crippen MR) is 239 cm³/mol. The first-order chi connectivity index (χ1) is 26.2. The Morgan fingerprint density at radius 1 is 0.509 bits per heavy atom. The van der Waals surface area contributed by atoms with E-state index in [1.54, 1.807) is 0 Å². The van der Waals surface area contributed by atoms with Crippen LogP contribution in [0.3, 0.4) is 0 Å². The lowest BCUT2D eigenvalue weighted by Gasteiger charge is -2.42. The van der Waals surface area contributed by atoms with Crippen LogP contribution in [0.15, 0.2) is 114 Å². The Hall–Kier alpha value is -5.26. The van der Waals surface area contributed by atoms with Crippen LogP contribution in [0.2, 0.25) is 0 Å². The number of thiophene rings is 1. The van der Waals surface area contributed by atoms with Gasteiger partial charge in [-0.2, -0.15) is 0 Å². The molecule has 0 saturated heterocycles. The van der Waals surface area contributed by atoms with E-state index >= 15 is 0 Å². The van der Waals surface area contributed by atoms with Crippen LogP contribution in [0, 0.1) is 0 Å². The zero-order valence-corrected chi connectivity index (χ0v) is 34.0. The van der Waals surface area contributed by atoms with Crippen LogP contribution in [-0.2, 0) is 16.2 Å². The highest BCUT2D eigenvalue weighted by Crippen LogP contribution is 2.49. The van der Waals surface area contributed by atoms with Gasteiger partial charge in [-0.3, -0.25) is 0 Å². The molecule has 2 aliphatic rings. The third-order valence-corrected chi connectivity index (χ3v) is 13.6. The number of hydrogen-bond donors (Lipinski definition) is 0. The van der Waals surface area contributed by atoms with E-state index in [2.05, 4.69) is 181 Å². The summed E-state index contributed by atoms with van der Waals surface area (Å²) in [5.41, 5.74) is 17.3. The van der Waals surface area contributed by atoms with Gasteiger partial charge in [0.2, 0.25) is 0 Å². The molecule has 0 spiro atoms. The fourth-order valence-corrected chi connectivity index (χ4v) is 10.7. The summed E-state index contributed by atoms with van der Waals surface area (Å²) >= 11 is 1.93. The summed E-state index contributed by atoms with van der Waals surface area (Å²) in [4.78, 5) is 2.56. The first kappa shape index (κ1) is 33.1. The summed E-state index contributed by atoms with van der Waals surface area (Å²) in [6.07, 6.45) is 0. The first-order valence-corrected chi connectivity index (χ1v) is 20.5. The number of benzene rings is 6. The average molecular weight is 733 g/mol. The molecule has 3 aromatic heterocycles. The maximum absolute atomic E-state index is 7.04. The Balaban J connectivity index is 1.31. The molecule has 6 aromatic carbocycles. The van der Waals surface area contributed by atoms with E-state index in [0.717, 1.165) is 27.6 Å². The molecule has 5 heteroatoms. The maximum Gasteiger partial charge on any atom is 0.252 e. The summed E-state index contributed by atoms with van der Waals surface area (Å²) in [5.74, 6) is 0. The summed E-state index contributed by atoms with van der Waals surface area (Å²) in [6.45, 7) is 20.9. The Kier molecular flexibility index (Phi) is 6.46. The molecular formula is C50H45BN2OS. The van der Waals surface area contributed by atoms with Gasteiger partial charge in [-0.05, 0) is 85.7 Å². The standard InChI is InChI=1S/C50H45BN2OS/c1-48(2,3)28-21-23-35-38(24-28)52(37-18-13-15-32-31-22-20-29(49(4,5)6)27-41(31)54-46(32)37)39-25-30(50(7,8)9)26-40-43(39)51(35)36-17-12-16-34-44(36)53(40)45-33-14-10-11-19-42(33)55-47(34)45/h10-27H,1-9H3. The van der Waals surface area contributed by atoms with Gasteiger partial charge in [-0.15, -0.1) is 11.3 Å². The summed E-state index contributed by atoms with van der Waals surface area (Å²) in [6, 6.07) is 41.8. The molecule has 2 aliphatic heterocycles.